The van der Waals surface area contributed by atoms with E-state index < -0.39 is 4.92 Å². The third kappa shape index (κ3) is 6.95. The highest BCUT2D eigenvalue weighted by molar-refractivity contribution is 5.95. The van der Waals surface area contributed by atoms with Gasteiger partial charge in [-0.25, -0.2) is 0 Å². The Morgan fingerprint density at radius 1 is 0.949 bits per heavy atom. The van der Waals surface area contributed by atoms with Crippen molar-refractivity contribution in [2.75, 3.05) is 6.61 Å². The molecule has 0 aromatic heterocycles. The first-order chi connectivity index (χ1) is 18.9. The number of aliphatic hydroxyl groups excluding tert-OH is 1. The van der Waals surface area contributed by atoms with E-state index in [0.717, 1.165) is 16.7 Å². The Morgan fingerprint density at radius 2 is 1.67 bits per heavy atom. The zero-order valence-electron chi connectivity index (χ0n) is 21.6. The number of aliphatic hydroxyl groups is 1. The number of hydrogen-bond donors (Lipinski definition) is 2. The van der Waals surface area contributed by atoms with Gasteiger partial charge in [-0.15, -0.1) is 0 Å². The number of nitro groups is 1. The summed E-state index contributed by atoms with van der Waals surface area (Å²) in [5.41, 5.74) is 4.82. The molecule has 39 heavy (non-hydrogen) atoms. The normalized spacial score (nSPS) is 12.2. The number of benzene rings is 4. The summed E-state index contributed by atoms with van der Waals surface area (Å²) in [6, 6.07) is 30.5. The zero-order chi connectivity index (χ0) is 27.8. The van der Waals surface area contributed by atoms with E-state index in [0.29, 0.717) is 35.1 Å². The fraction of sp³-hybridized carbons (Fsp3) is 0.188. The van der Waals surface area contributed by atoms with Crippen LogP contribution in [0.4, 0.5) is 5.69 Å². The number of rotatable bonds is 10. The van der Waals surface area contributed by atoms with Crippen LogP contribution in [-0.4, -0.2) is 28.6 Å². The third-order valence-corrected chi connectivity index (χ3v) is 6.78. The van der Waals surface area contributed by atoms with Crippen molar-refractivity contribution in [3.05, 3.63) is 135 Å². The maximum Gasteiger partial charge on any atom is 0.277 e. The van der Waals surface area contributed by atoms with Crippen LogP contribution in [0.3, 0.4) is 0 Å². The van der Waals surface area contributed by atoms with Gasteiger partial charge in [0.15, 0.2) is 0 Å². The van der Waals surface area contributed by atoms with Gasteiger partial charge in [-0.2, -0.15) is 5.26 Å². The number of hydrogen-bond acceptors (Lipinski definition) is 5. The molecular formula is C32H29N3O4. The molecule has 7 heteroatoms. The summed E-state index contributed by atoms with van der Waals surface area (Å²) in [5.74, 6) is -0.595. The van der Waals surface area contributed by atoms with E-state index in [1.807, 2.05) is 48.5 Å². The van der Waals surface area contributed by atoms with Crippen LogP contribution >= 0.6 is 0 Å². The molecule has 0 saturated carbocycles. The molecule has 0 spiro atoms. The number of nitrogens with zero attached hydrogens (tertiary/aromatic N) is 2. The number of amides is 1. The Bertz CT molecular complexity index is 1490. The fourth-order valence-corrected chi connectivity index (χ4v) is 4.70. The van der Waals surface area contributed by atoms with Crippen LogP contribution < -0.4 is 5.32 Å². The molecule has 0 aliphatic heterocycles. The lowest BCUT2D eigenvalue weighted by molar-refractivity contribution is -0.384. The first-order valence-corrected chi connectivity index (χ1v) is 12.7. The number of carbonyl (C=O) groups is 1. The van der Waals surface area contributed by atoms with Crippen molar-refractivity contribution in [3.63, 3.8) is 0 Å². The molecule has 0 bridgehead atoms. The first kappa shape index (κ1) is 27.2. The minimum absolute atomic E-state index is 0.0152. The van der Waals surface area contributed by atoms with Crippen molar-refractivity contribution in [1.29, 1.82) is 5.26 Å². The number of carbonyl (C=O) groups excluding carboxylic acids is 1. The Balaban J connectivity index is 1.57. The van der Waals surface area contributed by atoms with Crippen molar-refractivity contribution < 1.29 is 14.8 Å². The van der Waals surface area contributed by atoms with Gasteiger partial charge in [0.2, 0.25) is 0 Å². The summed E-state index contributed by atoms with van der Waals surface area (Å²) < 4.78 is 0. The predicted octanol–water partition coefficient (Wildman–Crippen LogP) is 5.63. The van der Waals surface area contributed by atoms with Crippen molar-refractivity contribution in [1.82, 2.24) is 5.32 Å². The van der Waals surface area contributed by atoms with Crippen molar-refractivity contribution >= 4 is 11.6 Å². The molecule has 196 valence electrons. The monoisotopic (exact) mass is 519 g/mol. The van der Waals surface area contributed by atoms with Gasteiger partial charge in [0.05, 0.1) is 22.1 Å². The van der Waals surface area contributed by atoms with E-state index in [4.69, 9.17) is 0 Å². The Morgan fingerprint density at radius 3 is 2.33 bits per heavy atom. The molecule has 0 radical (unpaired) electrons. The van der Waals surface area contributed by atoms with E-state index >= 15 is 0 Å². The molecule has 2 atom stereocenters. The molecule has 2 N–H and O–H groups in total. The molecule has 2 unspecified atom stereocenters. The lowest BCUT2D eigenvalue weighted by Crippen LogP contribution is -2.44. The topological polar surface area (TPSA) is 116 Å². The van der Waals surface area contributed by atoms with Crippen LogP contribution in [0, 0.1) is 34.3 Å². The van der Waals surface area contributed by atoms with Crippen LogP contribution in [0.5, 0.6) is 0 Å². The molecule has 0 fully saturated rings. The van der Waals surface area contributed by atoms with E-state index in [1.54, 1.807) is 49.4 Å². The second kappa shape index (κ2) is 12.6. The van der Waals surface area contributed by atoms with Crippen LogP contribution in [0.15, 0.2) is 97.1 Å². The zero-order valence-corrected chi connectivity index (χ0v) is 21.6. The molecular weight excluding hydrogens is 490 g/mol. The highest BCUT2D eigenvalue weighted by atomic mass is 16.6. The maximum atomic E-state index is 13.3. The molecule has 7 nitrogen and oxygen atoms in total. The van der Waals surface area contributed by atoms with Gasteiger partial charge in [0.25, 0.3) is 11.6 Å². The SMILES string of the molecule is Cc1ccc(-c2ccc(C(=O)NC(Cc3ccccc3)C(CO)Cc3cccc(C#N)c3)cc2)c([N+](=O)[O-])c1. The largest absolute Gasteiger partial charge is 0.396 e. The third-order valence-electron chi connectivity index (χ3n) is 6.78. The molecule has 4 aromatic rings. The molecule has 4 rings (SSSR count). The lowest BCUT2D eigenvalue weighted by atomic mass is 9.88. The molecule has 0 aliphatic rings. The lowest BCUT2D eigenvalue weighted by Gasteiger charge is -2.27. The molecule has 4 aromatic carbocycles. The number of aryl methyl sites for hydroxylation is 1. The molecule has 0 heterocycles. The highest BCUT2D eigenvalue weighted by Crippen LogP contribution is 2.31. The van der Waals surface area contributed by atoms with Gasteiger partial charge in [-0.1, -0.05) is 60.7 Å². The smallest absolute Gasteiger partial charge is 0.277 e. The maximum absolute atomic E-state index is 13.3. The van der Waals surface area contributed by atoms with E-state index in [2.05, 4.69) is 11.4 Å². The summed E-state index contributed by atoms with van der Waals surface area (Å²) in [6.45, 7) is 1.65. The van der Waals surface area contributed by atoms with Gasteiger partial charge < -0.3 is 10.4 Å². The average Bonchev–Trinajstić information content (AvgIpc) is 2.96. The fourth-order valence-electron chi connectivity index (χ4n) is 4.70. The standard InChI is InChI=1S/C32H29N3O4/c1-22-10-15-29(31(16-22)35(38)39)26-11-13-27(14-12-26)32(37)34-30(19-23-6-3-2-4-7-23)28(21-36)18-24-8-5-9-25(17-24)20-33/h2-17,28,30,36H,18-19,21H2,1H3,(H,34,37). The van der Waals surface area contributed by atoms with Crippen LogP contribution in [0.2, 0.25) is 0 Å². The van der Waals surface area contributed by atoms with Gasteiger partial charge >= 0.3 is 0 Å². The minimum Gasteiger partial charge on any atom is -0.396 e. The van der Waals surface area contributed by atoms with Gasteiger partial charge in [-0.3, -0.25) is 14.9 Å². The summed E-state index contributed by atoms with van der Waals surface area (Å²) in [6.07, 6.45) is 1.00. The summed E-state index contributed by atoms with van der Waals surface area (Å²) in [4.78, 5) is 24.5. The first-order valence-electron chi connectivity index (χ1n) is 12.7. The Hall–Kier alpha value is -4.80. The van der Waals surface area contributed by atoms with Crippen LogP contribution in [0.1, 0.15) is 32.6 Å². The van der Waals surface area contributed by atoms with Crippen molar-refractivity contribution in [2.24, 2.45) is 5.92 Å². The van der Waals surface area contributed by atoms with E-state index in [-0.39, 0.29) is 30.2 Å². The van der Waals surface area contributed by atoms with Crippen LogP contribution in [0.25, 0.3) is 11.1 Å². The second-order valence-electron chi connectivity index (χ2n) is 9.58. The summed E-state index contributed by atoms with van der Waals surface area (Å²) in [5, 5.41) is 34.3. The summed E-state index contributed by atoms with van der Waals surface area (Å²) in [7, 11) is 0. The molecule has 0 aliphatic carbocycles. The average molecular weight is 520 g/mol. The van der Waals surface area contributed by atoms with Gasteiger partial charge in [0.1, 0.15) is 0 Å². The van der Waals surface area contributed by atoms with Crippen molar-refractivity contribution in [3.8, 4) is 17.2 Å². The predicted molar refractivity (Wildman–Crippen MR) is 150 cm³/mol. The number of nitriles is 1. The second-order valence-corrected chi connectivity index (χ2v) is 9.58. The molecule has 1 amide bonds. The minimum atomic E-state index is -0.404. The summed E-state index contributed by atoms with van der Waals surface area (Å²) >= 11 is 0. The molecule has 0 saturated heterocycles. The van der Waals surface area contributed by atoms with E-state index in [1.165, 1.54) is 6.07 Å². The van der Waals surface area contributed by atoms with E-state index in [9.17, 15) is 25.3 Å². The van der Waals surface area contributed by atoms with Gasteiger partial charge in [-0.05, 0) is 72.4 Å². The van der Waals surface area contributed by atoms with Crippen LogP contribution in [-0.2, 0) is 12.8 Å². The quantitative estimate of drug-likeness (QED) is 0.208. The number of nitrogens with one attached hydrogen (secondary N) is 1. The Labute approximate surface area is 227 Å². The highest BCUT2D eigenvalue weighted by Gasteiger charge is 2.25. The van der Waals surface area contributed by atoms with Crippen molar-refractivity contribution in [2.45, 2.75) is 25.8 Å². The van der Waals surface area contributed by atoms with Gasteiger partial charge in [0, 0.05) is 30.2 Å². The Kier molecular flexibility index (Phi) is 8.82. The number of nitro benzene ring substituents is 1.